The van der Waals surface area contributed by atoms with Gasteiger partial charge in [0.1, 0.15) is 0 Å². The molecule has 0 N–H and O–H groups in total. The third kappa shape index (κ3) is 3.82. The molecule has 0 spiro atoms. The number of carbonyl (C=O) groups excluding carboxylic acids is 1. The lowest BCUT2D eigenvalue weighted by Gasteiger charge is -2.21. The van der Waals surface area contributed by atoms with E-state index in [1.54, 1.807) is 0 Å². The normalized spacial score (nSPS) is 20.0. The zero-order valence-electron chi connectivity index (χ0n) is 12.5. The maximum Gasteiger partial charge on any atom is 0.222 e. The van der Waals surface area contributed by atoms with Crippen LogP contribution < -0.4 is 0 Å². The summed E-state index contributed by atoms with van der Waals surface area (Å²) in [6, 6.07) is 0.354. The molecule has 0 radical (unpaired) electrons. The highest BCUT2D eigenvalue weighted by Gasteiger charge is 2.28. The maximum absolute atomic E-state index is 12.2. The molecule has 4 heteroatoms. The summed E-state index contributed by atoms with van der Waals surface area (Å²) >= 11 is 0. The summed E-state index contributed by atoms with van der Waals surface area (Å²) in [4.78, 5) is 14.2. The van der Waals surface area contributed by atoms with Crippen LogP contribution in [0.2, 0.25) is 0 Å². The summed E-state index contributed by atoms with van der Waals surface area (Å²) in [6.07, 6.45) is 6.57. The zero-order valence-corrected chi connectivity index (χ0v) is 12.5. The molecule has 1 saturated heterocycles. The van der Waals surface area contributed by atoms with Crippen molar-refractivity contribution in [3.8, 4) is 0 Å². The van der Waals surface area contributed by atoms with Gasteiger partial charge in [-0.1, -0.05) is 20.8 Å². The molecule has 106 valence electrons. The number of likely N-dealkylation sites (tertiary alicyclic amines) is 1. The van der Waals surface area contributed by atoms with Crippen molar-refractivity contribution in [3.05, 3.63) is 18.0 Å². The van der Waals surface area contributed by atoms with Crippen LogP contribution in [0.15, 0.2) is 12.4 Å². The van der Waals surface area contributed by atoms with E-state index in [-0.39, 0.29) is 5.41 Å². The molecule has 1 atom stereocenters. The third-order valence-electron chi connectivity index (χ3n) is 3.71. The Balaban J connectivity index is 1.86. The van der Waals surface area contributed by atoms with Gasteiger partial charge in [0.2, 0.25) is 5.91 Å². The number of hydrogen-bond acceptors (Lipinski definition) is 2. The van der Waals surface area contributed by atoms with Gasteiger partial charge in [-0.2, -0.15) is 5.10 Å². The first-order chi connectivity index (χ1) is 8.85. The van der Waals surface area contributed by atoms with Crippen LogP contribution in [-0.4, -0.2) is 33.7 Å². The van der Waals surface area contributed by atoms with E-state index >= 15 is 0 Å². The Morgan fingerprint density at radius 2 is 2.21 bits per heavy atom. The van der Waals surface area contributed by atoms with Crippen molar-refractivity contribution in [2.75, 3.05) is 13.1 Å². The van der Waals surface area contributed by atoms with Crippen LogP contribution in [0.1, 0.15) is 51.6 Å². The van der Waals surface area contributed by atoms with E-state index in [9.17, 15) is 4.79 Å². The minimum atomic E-state index is 0.230. The van der Waals surface area contributed by atoms with Gasteiger partial charge in [0.25, 0.3) is 0 Å². The second-order valence-electron chi connectivity index (χ2n) is 6.84. The van der Waals surface area contributed by atoms with Crippen molar-refractivity contribution >= 4 is 5.91 Å². The van der Waals surface area contributed by atoms with Crippen LogP contribution in [0, 0.1) is 12.3 Å². The summed E-state index contributed by atoms with van der Waals surface area (Å²) in [5.41, 5.74) is 1.41. The lowest BCUT2D eigenvalue weighted by molar-refractivity contribution is -0.130. The first kappa shape index (κ1) is 14.1. The molecule has 2 rings (SSSR count). The molecule has 0 unspecified atom stereocenters. The van der Waals surface area contributed by atoms with Crippen molar-refractivity contribution in [1.29, 1.82) is 0 Å². The number of carbonyl (C=O) groups is 1. The van der Waals surface area contributed by atoms with Crippen molar-refractivity contribution in [1.82, 2.24) is 14.7 Å². The van der Waals surface area contributed by atoms with E-state index in [1.807, 2.05) is 22.7 Å². The number of amides is 1. The number of aromatic nitrogens is 2. The number of nitrogens with zero attached hydrogens (tertiary/aromatic N) is 3. The second kappa shape index (κ2) is 5.35. The van der Waals surface area contributed by atoms with Crippen LogP contribution in [0.5, 0.6) is 0 Å². The fraction of sp³-hybridized carbons (Fsp3) is 0.733. The highest BCUT2D eigenvalue weighted by Crippen LogP contribution is 2.25. The zero-order chi connectivity index (χ0) is 14.0. The molecule has 1 aromatic heterocycles. The maximum atomic E-state index is 12.2. The van der Waals surface area contributed by atoms with Gasteiger partial charge in [-0.05, 0) is 30.7 Å². The molecule has 0 aromatic carbocycles. The molecular formula is C15H25N3O. The van der Waals surface area contributed by atoms with E-state index in [0.717, 1.165) is 25.9 Å². The molecule has 4 nitrogen and oxygen atoms in total. The quantitative estimate of drug-likeness (QED) is 0.841. The topological polar surface area (TPSA) is 38.1 Å². The second-order valence-corrected chi connectivity index (χ2v) is 6.84. The molecule has 0 aliphatic carbocycles. The van der Waals surface area contributed by atoms with Gasteiger partial charge in [-0.25, -0.2) is 0 Å². The lowest BCUT2D eigenvalue weighted by atomic mass is 9.90. The third-order valence-corrected chi connectivity index (χ3v) is 3.71. The molecule has 1 amide bonds. The Morgan fingerprint density at radius 3 is 2.79 bits per heavy atom. The monoisotopic (exact) mass is 263 g/mol. The molecule has 1 aliphatic heterocycles. The molecular weight excluding hydrogens is 238 g/mol. The number of aryl methyl sites for hydroxylation is 1. The minimum absolute atomic E-state index is 0.230. The van der Waals surface area contributed by atoms with Crippen LogP contribution >= 0.6 is 0 Å². The van der Waals surface area contributed by atoms with Crippen molar-refractivity contribution < 1.29 is 4.79 Å². The molecule has 1 aliphatic rings. The number of rotatable bonds is 3. The van der Waals surface area contributed by atoms with Crippen LogP contribution in [0.4, 0.5) is 0 Å². The van der Waals surface area contributed by atoms with Gasteiger partial charge in [-0.15, -0.1) is 0 Å². The summed E-state index contributed by atoms with van der Waals surface area (Å²) in [6.45, 7) is 10.3. The summed E-state index contributed by atoms with van der Waals surface area (Å²) in [5.74, 6) is 0.293. The average Bonchev–Trinajstić information content (AvgIpc) is 2.93. The van der Waals surface area contributed by atoms with E-state index in [0.29, 0.717) is 18.4 Å². The molecule has 0 saturated carbocycles. The molecule has 0 bridgehead atoms. The standard InChI is InChI=1S/C15H25N3O/c1-12-9-16-18(10-12)13-6-8-17(11-13)14(19)5-7-15(2,3)4/h9-10,13H,5-8,11H2,1-4H3/t13-/m0/s1. The van der Waals surface area contributed by atoms with Gasteiger partial charge in [0, 0.05) is 25.7 Å². The van der Waals surface area contributed by atoms with Gasteiger partial charge < -0.3 is 4.90 Å². The van der Waals surface area contributed by atoms with Gasteiger partial charge in [0.15, 0.2) is 0 Å². The predicted molar refractivity (Wildman–Crippen MR) is 75.9 cm³/mol. The lowest BCUT2D eigenvalue weighted by Crippen LogP contribution is -2.29. The van der Waals surface area contributed by atoms with Crippen molar-refractivity contribution in [3.63, 3.8) is 0 Å². The SMILES string of the molecule is Cc1cnn([C@H]2CCN(C(=O)CCC(C)(C)C)C2)c1. The fourth-order valence-electron chi connectivity index (χ4n) is 2.46. The molecule has 1 fully saturated rings. The Labute approximate surface area is 115 Å². The first-order valence-electron chi connectivity index (χ1n) is 7.14. The van der Waals surface area contributed by atoms with E-state index in [4.69, 9.17) is 0 Å². The Bertz CT molecular complexity index is 444. The summed E-state index contributed by atoms with van der Waals surface area (Å²) in [7, 11) is 0. The van der Waals surface area contributed by atoms with Gasteiger partial charge in [-0.3, -0.25) is 9.48 Å². The number of hydrogen-bond donors (Lipinski definition) is 0. The summed E-state index contributed by atoms with van der Waals surface area (Å²) < 4.78 is 2.01. The average molecular weight is 263 g/mol. The minimum Gasteiger partial charge on any atom is -0.340 e. The fourth-order valence-corrected chi connectivity index (χ4v) is 2.46. The summed E-state index contributed by atoms with van der Waals surface area (Å²) in [5, 5.41) is 4.36. The van der Waals surface area contributed by atoms with Gasteiger partial charge >= 0.3 is 0 Å². The van der Waals surface area contributed by atoms with Crippen LogP contribution in [0.3, 0.4) is 0 Å². The molecule has 1 aromatic rings. The highest BCUT2D eigenvalue weighted by atomic mass is 16.2. The first-order valence-corrected chi connectivity index (χ1v) is 7.14. The Hall–Kier alpha value is -1.32. The van der Waals surface area contributed by atoms with Gasteiger partial charge in [0.05, 0.1) is 12.2 Å². The Morgan fingerprint density at radius 1 is 1.47 bits per heavy atom. The largest absolute Gasteiger partial charge is 0.340 e. The predicted octanol–water partition coefficient (Wildman–Crippen LogP) is 2.79. The molecule has 19 heavy (non-hydrogen) atoms. The smallest absolute Gasteiger partial charge is 0.222 e. The van der Waals surface area contributed by atoms with E-state index < -0.39 is 0 Å². The van der Waals surface area contributed by atoms with Crippen molar-refractivity contribution in [2.45, 2.75) is 53.0 Å². The van der Waals surface area contributed by atoms with Crippen molar-refractivity contribution in [2.24, 2.45) is 5.41 Å². The van der Waals surface area contributed by atoms with E-state index in [2.05, 4.69) is 32.1 Å². The van der Waals surface area contributed by atoms with Crippen LogP contribution in [0.25, 0.3) is 0 Å². The van der Waals surface area contributed by atoms with E-state index in [1.165, 1.54) is 5.56 Å². The van der Waals surface area contributed by atoms with Crippen LogP contribution in [-0.2, 0) is 4.79 Å². The molecule has 2 heterocycles. The highest BCUT2D eigenvalue weighted by molar-refractivity contribution is 5.76. The Kier molecular flexibility index (Phi) is 3.97.